The van der Waals surface area contributed by atoms with E-state index in [9.17, 15) is 13.6 Å². The number of pyridine rings is 2. The van der Waals surface area contributed by atoms with Crippen LogP contribution in [-0.2, 0) is 6.54 Å². The summed E-state index contributed by atoms with van der Waals surface area (Å²) in [6.45, 7) is 6.81. The van der Waals surface area contributed by atoms with Crippen molar-refractivity contribution >= 4 is 11.6 Å². The Hall–Kier alpha value is -4.45. The Morgan fingerprint density at radius 3 is 2.68 bits per heavy atom. The molecule has 7 nitrogen and oxygen atoms in total. The van der Waals surface area contributed by atoms with Gasteiger partial charge in [-0.2, -0.15) is 5.10 Å². The van der Waals surface area contributed by atoms with Gasteiger partial charge in [-0.1, -0.05) is 18.2 Å². The number of nitrogens with one attached hydrogen (secondary N) is 1. The third-order valence-electron chi connectivity index (χ3n) is 4.43. The van der Waals surface area contributed by atoms with Gasteiger partial charge in [0.25, 0.3) is 5.91 Å². The Morgan fingerprint density at radius 1 is 1.10 bits per heavy atom. The summed E-state index contributed by atoms with van der Waals surface area (Å²) < 4.78 is 29.8. The van der Waals surface area contributed by atoms with E-state index >= 15 is 0 Å². The quantitative estimate of drug-likeness (QED) is 0.497. The number of hydrogen-bond donors (Lipinski definition) is 1. The van der Waals surface area contributed by atoms with Gasteiger partial charge in [-0.3, -0.25) is 14.8 Å². The lowest BCUT2D eigenvalue weighted by molar-refractivity contribution is 0.0945. The minimum Gasteiger partial charge on any atom is -0.345 e. The molecule has 0 bridgehead atoms. The number of halogens is 2. The van der Waals surface area contributed by atoms with Crippen LogP contribution < -0.4 is 5.32 Å². The molecule has 152 valence electrons. The van der Waals surface area contributed by atoms with Crippen LogP contribution in [0.2, 0.25) is 0 Å². The fourth-order valence-corrected chi connectivity index (χ4v) is 2.84. The number of hydrogen-bond acceptors (Lipinski definition) is 4. The first-order chi connectivity index (χ1) is 15.0. The fourth-order valence-electron chi connectivity index (χ4n) is 2.84. The normalized spacial score (nSPS) is 10.5. The molecule has 0 spiro atoms. The van der Waals surface area contributed by atoms with Gasteiger partial charge in [0.1, 0.15) is 17.3 Å². The second-order valence-electron chi connectivity index (χ2n) is 6.44. The average Bonchev–Trinajstić information content (AvgIpc) is 3.29. The number of aromatic nitrogens is 4. The van der Waals surface area contributed by atoms with Gasteiger partial charge in [-0.15, -0.1) is 0 Å². The largest absolute Gasteiger partial charge is 0.345 e. The maximum absolute atomic E-state index is 14.5. The topological polar surface area (TPSA) is 77.1 Å². The number of benzene rings is 1. The highest BCUT2D eigenvalue weighted by atomic mass is 19.1. The Bertz CT molecular complexity index is 1300. The third kappa shape index (κ3) is 4.28. The summed E-state index contributed by atoms with van der Waals surface area (Å²) in [6, 6.07) is 12.0. The van der Waals surface area contributed by atoms with Crippen molar-refractivity contribution in [1.29, 1.82) is 0 Å². The smallest absolute Gasteiger partial charge is 0.270 e. The summed E-state index contributed by atoms with van der Waals surface area (Å²) >= 11 is 0. The molecule has 0 fully saturated rings. The Labute approximate surface area is 175 Å². The summed E-state index contributed by atoms with van der Waals surface area (Å²) in [5.74, 6) is -1.67. The molecule has 9 heteroatoms. The van der Waals surface area contributed by atoms with Crippen molar-refractivity contribution in [2.45, 2.75) is 6.54 Å². The highest BCUT2D eigenvalue weighted by Gasteiger charge is 2.12. The van der Waals surface area contributed by atoms with Gasteiger partial charge in [-0.05, 0) is 24.3 Å². The maximum atomic E-state index is 14.5. The molecule has 0 radical (unpaired) electrons. The summed E-state index contributed by atoms with van der Waals surface area (Å²) in [7, 11) is 0. The Kier molecular flexibility index (Phi) is 5.45. The van der Waals surface area contributed by atoms with Crippen molar-refractivity contribution in [3.05, 3.63) is 102 Å². The molecule has 3 heterocycles. The van der Waals surface area contributed by atoms with Crippen LogP contribution in [0.3, 0.4) is 0 Å². The van der Waals surface area contributed by atoms with E-state index in [1.165, 1.54) is 35.3 Å². The first-order valence-corrected chi connectivity index (χ1v) is 9.12. The number of amides is 1. The second-order valence-corrected chi connectivity index (χ2v) is 6.44. The zero-order valence-corrected chi connectivity index (χ0v) is 16.0. The molecule has 3 aromatic heterocycles. The van der Waals surface area contributed by atoms with E-state index in [2.05, 4.69) is 25.2 Å². The molecule has 1 N–H and O–H groups in total. The summed E-state index contributed by atoms with van der Waals surface area (Å²) in [6.07, 6.45) is 4.51. The van der Waals surface area contributed by atoms with E-state index in [-0.39, 0.29) is 23.6 Å². The molecule has 0 saturated carbocycles. The highest BCUT2D eigenvalue weighted by Crippen LogP contribution is 2.25. The minimum absolute atomic E-state index is 0.0669. The number of carbonyl (C=O) groups is 1. The van der Waals surface area contributed by atoms with Gasteiger partial charge < -0.3 is 5.32 Å². The molecule has 1 amide bonds. The number of rotatable bonds is 5. The molecular weight excluding hydrogens is 402 g/mol. The van der Waals surface area contributed by atoms with E-state index in [1.54, 1.807) is 36.5 Å². The molecule has 0 saturated heterocycles. The van der Waals surface area contributed by atoms with Gasteiger partial charge in [0, 0.05) is 24.0 Å². The van der Waals surface area contributed by atoms with Crippen LogP contribution in [0, 0.1) is 18.2 Å². The van der Waals surface area contributed by atoms with Crippen molar-refractivity contribution in [3.63, 3.8) is 0 Å². The monoisotopic (exact) mass is 416 g/mol. The highest BCUT2D eigenvalue weighted by molar-refractivity contribution is 5.92. The SMILES string of the molecule is [C-]#[N+]c1ccc(-c2ccn(-c3cnc(CNC(=O)c4ccccn4)c(F)c3)n2)cc1F. The van der Waals surface area contributed by atoms with E-state index < -0.39 is 17.5 Å². The lowest BCUT2D eigenvalue weighted by atomic mass is 10.1. The van der Waals surface area contributed by atoms with E-state index in [0.29, 0.717) is 16.9 Å². The summed E-state index contributed by atoms with van der Waals surface area (Å²) in [5.41, 5.74) is 1.54. The Balaban J connectivity index is 1.49. The lowest BCUT2D eigenvalue weighted by Crippen LogP contribution is -2.24. The first-order valence-electron chi connectivity index (χ1n) is 9.12. The summed E-state index contributed by atoms with van der Waals surface area (Å²) in [5, 5.41) is 6.89. The zero-order valence-electron chi connectivity index (χ0n) is 16.0. The maximum Gasteiger partial charge on any atom is 0.270 e. The molecule has 0 aliphatic rings. The predicted molar refractivity (Wildman–Crippen MR) is 108 cm³/mol. The first kappa shape index (κ1) is 19.8. The standard InChI is InChI=1S/C22H14F2N6O/c1-25-19-6-5-14(10-16(19)23)18-7-9-30(29-18)15-11-17(24)21(27-12-15)13-28-22(31)20-4-2-3-8-26-20/h2-12H,13H2,(H,28,31). The van der Waals surface area contributed by atoms with Crippen LogP contribution in [0.5, 0.6) is 0 Å². The predicted octanol–water partition coefficient (Wildman–Crippen LogP) is 4.09. The van der Waals surface area contributed by atoms with Gasteiger partial charge >= 0.3 is 0 Å². The van der Waals surface area contributed by atoms with Crippen molar-refractivity contribution in [3.8, 4) is 16.9 Å². The fraction of sp³-hybridized carbons (Fsp3) is 0.0455. The van der Waals surface area contributed by atoms with Crippen LogP contribution >= 0.6 is 0 Å². The van der Waals surface area contributed by atoms with Crippen LogP contribution in [0.15, 0.2) is 67.1 Å². The van der Waals surface area contributed by atoms with Crippen LogP contribution in [-0.4, -0.2) is 25.7 Å². The molecule has 0 aliphatic carbocycles. The summed E-state index contributed by atoms with van der Waals surface area (Å²) in [4.78, 5) is 23.1. The molecule has 31 heavy (non-hydrogen) atoms. The van der Waals surface area contributed by atoms with E-state index in [4.69, 9.17) is 6.57 Å². The van der Waals surface area contributed by atoms with Crippen LogP contribution in [0.4, 0.5) is 14.5 Å². The average molecular weight is 416 g/mol. The Morgan fingerprint density at radius 2 is 1.97 bits per heavy atom. The molecule has 1 aromatic carbocycles. The van der Waals surface area contributed by atoms with Crippen molar-refractivity contribution in [2.24, 2.45) is 0 Å². The van der Waals surface area contributed by atoms with Gasteiger partial charge in [0.15, 0.2) is 0 Å². The second kappa shape index (κ2) is 8.51. The van der Waals surface area contributed by atoms with Crippen LogP contribution in [0.25, 0.3) is 21.8 Å². The zero-order chi connectivity index (χ0) is 21.8. The molecule has 0 aliphatic heterocycles. The van der Waals surface area contributed by atoms with E-state index in [1.807, 2.05) is 0 Å². The molecular formula is C22H14F2N6O. The number of nitrogens with zero attached hydrogens (tertiary/aromatic N) is 5. The van der Waals surface area contributed by atoms with Gasteiger partial charge in [0.2, 0.25) is 5.69 Å². The van der Waals surface area contributed by atoms with Crippen molar-refractivity contribution in [1.82, 2.24) is 25.1 Å². The van der Waals surface area contributed by atoms with Gasteiger partial charge in [0.05, 0.1) is 36.4 Å². The van der Waals surface area contributed by atoms with Gasteiger partial charge in [-0.25, -0.2) is 18.3 Å². The minimum atomic E-state index is -0.633. The van der Waals surface area contributed by atoms with Crippen molar-refractivity contribution < 1.29 is 13.6 Å². The molecule has 0 atom stereocenters. The molecule has 4 rings (SSSR count). The van der Waals surface area contributed by atoms with E-state index in [0.717, 1.165) is 0 Å². The lowest BCUT2D eigenvalue weighted by Gasteiger charge is -2.07. The molecule has 0 unspecified atom stereocenters. The third-order valence-corrected chi connectivity index (χ3v) is 4.43. The van der Waals surface area contributed by atoms with Crippen LogP contribution in [0.1, 0.15) is 16.2 Å². The number of carbonyl (C=O) groups excluding carboxylic acids is 1. The van der Waals surface area contributed by atoms with Crippen molar-refractivity contribution in [2.75, 3.05) is 0 Å². The molecule has 4 aromatic rings.